The molecule has 0 amide bonds. The number of thioether (sulfide) groups is 1. The number of rotatable bonds is 3. The first kappa shape index (κ1) is 12.5. The van der Waals surface area contributed by atoms with Crippen LogP contribution in [0.3, 0.4) is 0 Å². The zero-order valence-electron chi connectivity index (χ0n) is 10.4. The summed E-state index contributed by atoms with van der Waals surface area (Å²) >= 11 is 2.07. The highest BCUT2D eigenvalue weighted by Gasteiger charge is 2.42. The van der Waals surface area contributed by atoms with Crippen LogP contribution in [0.4, 0.5) is 4.39 Å². The molecule has 2 unspecified atom stereocenters. The van der Waals surface area contributed by atoms with E-state index in [1.54, 1.807) is 0 Å². The molecule has 1 N–H and O–H groups in total. The van der Waals surface area contributed by atoms with Crippen molar-refractivity contribution in [3.05, 3.63) is 35.6 Å². The highest BCUT2D eigenvalue weighted by atomic mass is 32.2. The Morgan fingerprint density at radius 2 is 1.78 bits per heavy atom. The van der Waals surface area contributed by atoms with E-state index in [0.29, 0.717) is 10.5 Å². The standard InChI is InChI=1S/C15H19FOS/c16-12-3-1-11(2-4-12)7-8-15(17)9-13-5-6-14(10-15)18-13/h1-4,13-14,17H,5-10H2. The third-order valence-corrected chi connectivity index (χ3v) is 5.78. The molecule has 3 rings (SSSR count). The first-order chi connectivity index (χ1) is 8.63. The van der Waals surface area contributed by atoms with Crippen LogP contribution in [-0.2, 0) is 6.42 Å². The second-order valence-corrected chi connectivity index (χ2v) is 7.32. The zero-order valence-corrected chi connectivity index (χ0v) is 11.3. The fourth-order valence-corrected chi connectivity index (χ4v) is 5.15. The monoisotopic (exact) mass is 266 g/mol. The van der Waals surface area contributed by atoms with Crippen molar-refractivity contribution in [1.29, 1.82) is 0 Å². The predicted molar refractivity (Wildman–Crippen MR) is 73.3 cm³/mol. The molecule has 1 aromatic rings. The van der Waals surface area contributed by atoms with Crippen molar-refractivity contribution >= 4 is 11.8 Å². The van der Waals surface area contributed by atoms with Gasteiger partial charge in [0, 0.05) is 10.5 Å². The van der Waals surface area contributed by atoms with E-state index in [2.05, 4.69) is 11.8 Å². The lowest BCUT2D eigenvalue weighted by molar-refractivity contribution is 0.0157. The fraction of sp³-hybridized carbons (Fsp3) is 0.600. The van der Waals surface area contributed by atoms with Gasteiger partial charge >= 0.3 is 0 Å². The van der Waals surface area contributed by atoms with Crippen molar-refractivity contribution in [3.8, 4) is 0 Å². The van der Waals surface area contributed by atoms with Crippen molar-refractivity contribution in [2.75, 3.05) is 0 Å². The van der Waals surface area contributed by atoms with Crippen molar-refractivity contribution in [2.45, 2.75) is 54.6 Å². The Labute approximate surface area is 112 Å². The Morgan fingerprint density at radius 1 is 1.17 bits per heavy atom. The van der Waals surface area contributed by atoms with Crippen molar-refractivity contribution < 1.29 is 9.50 Å². The summed E-state index contributed by atoms with van der Waals surface area (Å²) in [5, 5.41) is 12.0. The molecule has 0 aromatic heterocycles. The Balaban J connectivity index is 1.60. The Hall–Kier alpha value is -0.540. The molecule has 0 saturated carbocycles. The van der Waals surface area contributed by atoms with Crippen LogP contribution in [0.1, 0.15) is 37.7 Å². The summed E-state index contributed by atoms with van der Waals surface area (Å²) in [4.78, 5) is 0. The number of fused-ring (bicyclic) bond motifs is 2. The molecule has 2 atom stereocenters. The van der Waals surface area contributed by atoms with Gasteiger partial charge in [0.05, 0.1) is 5.60 Å². The molecule has 0 aliphatic carbocycles. The number of hydrogen-bond donors (Lipinski definition) is 1. The van der Waals surface area contributed by atoms with E-state index in [1.165, 1.54) is 25.0 Å². The summed E-state index contributed by atoms with van der Waals surface area (Å²) in [6.45, 7) is 0. The maximum atomic E-state index is 12.8. The third-order valence-electron chi connectivity index (χ3n) is 4.20. The zero-order chi connectivity index (χ0) is 12.6. The summed E-state index contributed by atoms with van der Waals surface area (Å²) < 4.78 is 12.8. The highest BCUT2D eigenvalue weighted by molar-refractivity contribution is 8.00. The second kappa shape index (κ2) is 4.86. The van der Waals surface area contributed by atoms with Crippen LogP contribution in [0, 0.1) is 5.82 Å². The average Bonchev–Trinajstić information content (AvgIpc) is 2.69. The van der Waals surface area contributed by atoms with Gasteiger partial charge in [-0.05, 0) is 56.2 Å². The van der Waals surface area contributed by atoms with E-state index < -0.39 is 5.60 Å². The number of aryl methyl sites for hydroxylation is 1. The molecule has 0 radical (unpaired) electrons. The minimum atomic E-state index is -0.481. The normalized spacial score (nSPS) is 34.8. The maximum Gasteiger partial charge on any atom is 0.123 e. The van der Waals surface area contributed by atoms with E-state index in [9.17, 15) is 9.50 Å². The number of benzene rings is 1. The van der Waals surface area contributed by atoms with E-state index in [4.69, 9.17) is 0 Å². The first-order valence-electron chi connectivity index (χ1n) is 6.75. The summed E-state index contributed by atoms with van der Waals surface area (Å²) in [6, 6.07) is 6.65. The number of aliphatic hydroxyl groups is 1. The van der Waals surface area contributed by atoms with Gasteiger partial charge in [0.25, 0.3) is 0 Å². The Morgan fingerprint density at radius 3 is 2.39 bits per heavy atom. The molecule has 1 aromatic carbocycles. The van der Waals surface area contributed by atoms with Gasteiger partial charge in [0.1, 0.15) is 5.82 Å². The van der Waals surface area contributed by atoms with Gasteiger partial charge in [-0.2, -0.15) is 11.8 Å². The predicted octanol–water partition coefficient (Wildman–Crippen LogP) is 3.55. The molecular formula is C15H19FOS. The Kier molecular flexibility index (Phi) is 3.37. The van der Waals surface area contributed by atoms with Gasteiger partial charge in [-0.15, -0.1) is 0 Å². The second-order valence-electron chi connectivity index (χ2n) is 5.72. The minimum Gasteiger partial charge on any atom is -0.390 e. The molecule has 2 fully saturated rings. The molecule has 18 heavy (non-hydrogen) atoms. The van der Waals surface area contributed by atoms with Crippen LogP contribution in [0.2, 0.25) is 0 Å². The summed E-state index contributed by atoms with van der Waals surface area (Å²) in [5.41, 5.74) is 0.640. The van der Waals surface area contributed by atoms with Gasteiger partial charge in [-0.3, -0.25) is 0 Å². The molecule has 2 saturated heterocycles. The van der Waals surface area contributed by atoms with Gasteiger partial charge in [0.2, 0.25) is 0 Å². The molecule has 2 heterocycles. The van der Waals surface area contributed by atoms with E-state index >= 15 is 0 Å². The molecule has 2 bridgehead atoms. The lowest BCUT2D eigenvalue weighted by Gasteiger charge is -2.36. The smallest absolute Gasteiger partial charge is 0.123 e. The summed E-state index contributed by atoms with van der Waals surface area (Å²) in [5.74, 6) is -0.190. The molecule has 2 aliphatic rings. The van der Waals surface area contributed by atoms with Crippen LogP contribution >= 0.6 is 11.8 Å². The van der Waals surface area contributed by atoms with Gasteiger partial charge in [-0.25, -0.2) is 4.39 Å². The maximum absolute atomic E-state index is 12.8. The number of hydrogen-bond acceptors (Lipinski definition) is 2. The molecule has 98 valence electrons. The summed E-state index contributed by atoms with van der Waals surface area (Å²) in [7, 11) is 0. The molecule has 0 spiro atoms. The quantitative estimate of drug-likeness (QED) is 0.903. The molecule has 2 aliphatic heterocycles. The third kappa shape index (κ3) is 2.72. The SMILES string of the molecule is OC1(CCc2ccc(F)cc2)CC2CCC(C1)S2. The van der Waals surface area contributed by atoms with Crippen LogP contribution in [0.15, 0.2) is 24.3 Å². The lowest BCUT2D eigenvalue weighted by Crippen LogP contribution is -2.37. The van der Waals surface area contributed by atoms with Gasteiger partial charge in [-0.1, -0.05) is 12.1 Å². The molecule has 1 nitrogen and oxygen atoms in total. The van der Waals surface area contributed by atoms with Gasteiger partial charge < -0.3 is 5.11 Å². The van der Waals surface area contributed by atoms with E-state index in [1.807, 2.05) is 12.1 Å². The summed E-state index contributed by atoms with van der Waals surface area (Å²) in [6.07, 6.45) is 6.08. The van der Waals surface area contributed by atoms with Crippen LogP contribution in [-0.4, -0.2) is 21.2 Å². The van der Waals surface area contributed by atoms with Gasteiger partial charge in [0.15, 0.2) is 0 Å². The van der Waals surface area contributed by atoms with Crippen molar-refractivity contribution in [1.82, 2.24) is 0 Å². The average molecular weight is 266 g/mol. The number of halogens is 1. The lowest BCUT2D eigenvalue weighted by atomic mass is 9.87. The topological polar surface area (TPSA) is 20.2 Å². The Bertz CT molecular complexity index is 405. The largest absolute Gasteiger partial charge is 0.390 e. The minimum absolute atomic E-state index is 0.190. The van der Waals surface area contributed by atoms with E-state index in [0.717, 1.165) is 31.2 Å². The van der Waals surface area contributed by atoms with Crippen LogP contribution in [0.25, 0.3) is 0 Å². The van der Waals surface area contributed by atoms with Crippen molar-refractivity contribution in [2.24, 2.45) is 0 Å². The van der Waals surface area contributed by atoms with Crippen molar-refractivity contribution in [3.63, 3.8) is 0 Å². The fourth-order valence-electron chi connectivity index (χ4n) is 3.24. The van der Waals surface area contributed by atoms with Crippen LogP contribution in [0.5, 0.6) is 0 Å². The van der Waals surface area contributed by atoms with E-state index in [-0.39, 0.29) is 5.82 Å². The molecular weight excluding hydrogens is 247 g/mol. The molecule has 3 heteroatoms. The first-order valence-corrected chi connectivity index (χ1v) is 7.70. The van der Waals surface area contributed by atoms with Crippen LogP contribution < -0.4 is 0 Å². The highest BCUT2D eigenvalue weighted by Crippen LogP contribution is 2.48.